The molecule has 2 nitrogen and oxygen atoms in total. The molecule has 15 heavy (non-hydrogen) atoms. The molecule has 2 atom stereocenters. The van der Waals surface area contributed by atoms with Crippen molar-refractivity contribution in [2.75, 3.05) is 13.2 Å². The molecular formula is C13H22O2. The van der Waals surface area contributed by atoms with Crippen LogP contribution in [0.1, 0.15) is 44.9 Å². The highest BCUT2D eigenvalue weighted by molar-refractivity contribution is 5.13. The van der Waals surface area contributed by atoms with Crippen LogP contribution in [0.15, 0.2) is 11.6 Å². The van der Waals surface area contributed by atoms with Gasteiger partial charge in [-0.25, -0.2) is 0 Å². The number of hydrogen-bond donors (Lipinski definition) is 1. The van der Waals surface area contributed by atoms with Crippen molar-refractivity contribution >= 4 is 0 Å². The van der Waals surface area contributed by atoms with E-state index in [0.29, 0.717) is 18.6 Å². The summed E-state index contributed by atoms with van der Waals surface area (Å²) in [5.74, 6) is 0.660. The second kappa shape index (κ2) is 5.66. The number of fused-ring (bicyclic) bond motifs is 1. The predicted octanol–water partition coefficient (Wildman–Crippen LogP) is 2.66. The van der Waals surface area contributed by atoms with Gasteiger partial charge in [-0.1, -0.05) is 24.5 Å². The van der Waals surface area contributed by atoms with Crippen molar-refractivity contribution < 1.29 is 9.84 Å². The summed E-state index contributed by atoms with van der Waals surface area (Å²) in [6, 6.07) is 0. The van der Waals surface area contributed by atoms with Crippen molar-refractivity contribution in [1.82, 2.24) is 0 Å². The molecule has 0 radical (unpaired) electrons. The minimum atomic E-state index is 0.155. The van der Waals surface area contributed by atoms with Crippen molar-refractivity contribution in [3.63, 3.8) is 0 Å². The minimum Gasteiger partial charge on any atom is -0.394 e. The van der Waals surface area contributed by atoms with Crippen LogP contribution >= 0.6 is 0 Å². The minimum absolute atomic E-state index is 0.155. The number of allylic oxidation sites excluding steroid dienone is 1. The fraction of sp³-hybridized carbons (Fsp3) is 0.846. The Bertz CT molecular complexity index is 223. The number of hydrogen-bond acceptors (Lipinski definition) is 2. The quantitative estimate of drug-likeness (QED) is 0.726. The molecule has 0 spiro atoms. The SMILES string of the molecule is OCCOC1CCC=C2CCCCCC21. The lowest BCUT2D eigenvalue weighted by atomic mass is 9.82. The van der Waals surface area contributed by atoms with Crippen LogP contribution in [-0.4, -0.2) is 24.4 Å². The zero-order valence-corrected chi connectivity index (χ0v) is 9.45. The topological polar surface area (TPSA) is 29.5 Å². The van der Waals surface area contributed by atoms with Crippen LogP contribution in [0.5, 0.6) is 0 Å². The summed E-state index contributed by atoms with van der Waals surface area (Å²) in [4.78, 5) is 0. The molecular weight excluding hydrogens is 188 g/mol. The summed E-state index contributed by atoms with van der Waals surface area (Å²) in [5, 5.41) is 8.81. The first-order chi connectivity index (χ1) is 7.42. The van der Waals surface area contributed by atoms with E-state index in [2.05, 4.69) is 6.08 Å². The normalized spacial score (nSPS) is 31.7. The second-order valence-corrected chi connectivity index (χ2v) is 4.70. The lowest BCUT2D eigenvalue weighted by molar-refractivity contribution is -0.00640. The molecule has 2 unspecified atom stereocenters. The third-order valence-corrected chi connectivity index (χ3v) is 3.69. The fourth-order valence-electron chi connectivity index (χ4n) is 2.96. The van der Waals surface area contributed by atoms with Crippen molar-refractivity contribution in [2.45, 2.75) is 51.0 Å². The van der Waals surface area contributed by atoms with E-state index in [1.54, 1.807) is 5.57 Å². The van der Waals surface area contributed by atoms with Crippen LogP contribution < -0.4 is 0 Å². The van der Waals surface area contributed by atoms with Gasteiger partial charge >= 0.3 is 0 Å². The predicted molar refractivity (Wildman–Crippen MR) is 60.7 cm³/mol. The van der Waals surface area contributed by atoms with E-state index < -0.39 is 0 Å². The van der Waals surface area contributed by atoms with E-state index in [1.807, 2.05) is 0 Å². The zero-order chi connectivity index (χ0) is 10.5. The van der Waals surface area contributed by atoms with E-state index in [-0.39, 0.29) is 6.61 Å². The van der Waals surface area contributed by atoms with Gasteiger partial charge in [-0.2, -0.15) is 0 Å². The van der Waals surface area contributed by atoms with E-state index in [0.717, 1.165) is 6.42 Å². The third kappa shape index (κ3) is 2.82. The van der Waals surface area contributed by atoms with Gasteiger partial charge < -0.3 is 9.84 Å². The zero-order valence-electron chi connectivity index (χ0n) is 9.45. The molecule has 1 fully saturated rings. The maximum absolute atomic E-state index is 8.81. The average Bonchev–Trinajstić information content (AvgIpc) is 2.51. The van der Waals surface area contributed by atoms with Crippen molar-refractivity contribution in [2.24, 2.45) is 5.92 Å². The first kappa shape index (κ1) is 11.2. The lowest BCUT2D eigenvalue weighted by Crippen LogP contribution is -2.29. The Kier molecular flexibility index (Phi) is 4.21. The Morgan fingerprint density at radius 3 is 3.07 bits per heavy atom. The average molecular weight is 210 g/mol. The molecule has 0 aromatic carbocycles. The van der Waals surface area contributed by atoms with Gasteiger partial charge in [-0.3, -0.25) is 0 Å². The Morgan fingerprint density at radius 2 is 2.20 bits per heavy atom. The van der Waals surface area contributed by atoms with Crippen LogP contribution in [0.3, 0.4) is 0 Å². The highest BCUT2D eigenvalue weighted by Crippen LogP contribution is 2.36. The summed E-state index contributed by atoms with van der Waals surface area (Å²) >= 11 is 0. The first-order valence-electron chi connectivity index (χ1n) is 6.33. The smallest absolute Gasteiger partial charge is 0.0701 e. The molecule has 0 aliphatic heterocycles. The molecule has 1 N–H and O–H groups in total. The van der Waals surface area contributed by atoms with E-state index in [9.17, 15) is 0 Å². The van der Waals surface area contributed by atoms with Crippen LogP contribution in [0.4, 0.5) is 0 Å². The molecule has 0 aromatic rings. The molecule has 0 amide bonds. The summed E-state index contributed by atoms with van der Waals surface area (Å²) in [6.07, 6.45) is 11.8. The van der Waals surface area contributed by atoms with Crippen LogP contribution in [0.2, 0.25) is 0 Å². The van der Waals surface area contributed by atoms with Crippen LogP contribution in [0.25, 0.3) is 0 Å². The number of aliphatic hydroxyl groups excluding tert-OH is 1. The molecule has 0 saturated heterocycles. The molecule has 2 aliphatic carbocycles. The summed E-state index contributed by atoms with van der Waals surface area (Å²) < 4.78 is 5.77. The fourth-order valence-corrected chi connectivity index (χ4v) is 2.96. The first-order valence-corrected chi connectivity index (χ1v) is 6.33. The molecule has 1 saturated carbocycles. The summed E-state index contributed by atoms with van der Waals surface area (Å²) in [6.45, 7) is 0.663. The monoisotopic (exact) mass is 210 g/mol. The van der Waals surface area contributed by atoms with Gasteiger partial charge in [0.1, 0.15) is 0 Å². The van der Waals surface area contributed by atoms with Gasteiger partial charge in [0.25, 0.3) is 0 Å². The van der Waals surface area contributed by atoms with Crippen LogP contribution in [0, 0.1) is 5.92 Å². The molecule has 0 heterocycles. The molecule has 2 heteroatoms. The van der Waals surface area contributed by atoms with E-state index in [1.165, 1.54) is 38.5 Å². The van der Waals surface area contributed by atoms with E-state index >= 15 is 0 Å². The molecule has 2 rings (SSSR count). The lowest BCUT2D eigenvalue weighted by Gasteiger charge is -2.31. The maximum Gasteiger partial charge on any atom is 0.0701 e. The summed E-state index contributed by atoms with van der Waals surface area (Å²) in [7, 11) is 0. The van der Waals surface area contributed by atoms with Crippen molar-refractivity contribution in [3.8, 4) is 0 Å². The van der Waals surface area contributed by atoms with Gasteiger partial charge in [0, 0.05) is 5.92 Å². The number of aliphatic hydroxyl groups is 1. The van der Waals surface area contributed by atoms with Gasteiger partial charge in [-0.15, -0.1) is 0 Å². The third-order valence-electron chi connectivity index (χ3n) is 3.69. The largest absolute Gasteiger partial charge is 0.394 e. The van der Waals surface area contributed by atoms with E-state index in [4.69, 9.17) is 9.84 Å². The van der Waals surface area contributed by atoms with Gasteiger partial charge in [0.15, 0.2) is 0 Å². The molecule has 2 aliphatic rings. The Morgan fingerprint density at radius 1 is 1.27 bits per heavy atom. The Balaban J connectivity index is 1.98. The Labute approximate surface area is 92.3 Å². The van der Waals surface area contributed by atoms with Gasteiger partial charge in [0.2, 0.25) is 0 Å². The molecule has 86 valence electrons. The maximum atomic E-state index is 8.81. The number of rotatable bonds is 3. The van der Waals surface area contributed by atoms with Crippen molar-refractivity contribution in [3.05, 3.63) is 11.6 Å². The molecule has 0 bridgehead atoms. The van der Waals surface area contributed by atoms with Crippen LogP contribution in [-0.2, 0) is 4.74 Å². The highest BCUT2D eigenvalue weighted by Gasteiger charge is 2.28. The summed E-state index contributed by atoms with van der Waals surface area (Å²) in [5.41, 5.74) is 1.64. The van der Waals surface area contributed by atoms with Gasteiger partial charge in [-0.05, 0) is 32.1 Å². The Hall–Kier alpha value is -0.340. The van der Waals surface area contributed by atoms with Crippen molar-refractivity contribution in [1.29, 1.82) is 0 Å². The van der Waals surface area contributed by atoms with Gasteiger partial charge in [0.05, 0.1) is 19.3 Å². The standard InChI is InChI=1S/C13H22O2/c14-9-10-15-13-8-4-6-11-5-2-1-3-7-12(11)13/h6,12-14H,1-5,7-10H2. The second-order valence-electron chi connectivity index (χ2n) is 4.70. The highest BCUT2D eigenvalue weighted by atomic mass is 16.5. The molecule has 0 aromatic heterocycles. The number of ether oxygens (including phenoxy) is 1.